The van der Waals surface area contributed by atoms with Crippen LogP contribution in [0.15, 0.2) is 78.9 Å². The molecule has 0 atom stereocenters. The number of rotatable bonds is 8. The second-order valence-corrected chi connectivity index (χ2v) is 9.05. The van der Waals surface area contributed by atoms with Crippen molar-refractivity contribution in [3.63, 3.8) is 0 Å². The van der Waals surface area contributed by atoms with Gasteiger partial charge < -0.3 is 20.7 Å². The lowest BCUT2D eigenvalue weighted by molar-refractivity contribution is -0.121. The number of ether oxygens (including phenoxy) is 1. The molecule has 0 radical (unpaired) electrons. The lowest BCUT2D eigenvalue weighted by Crippen LogP contribution is -2.35. The third kappa shape index (κ3) is 8.62. The minimum atomic E-state index is -0.585. The van der Waals surface area contributed by atoms with E-state index in [1.54, 1.807) is 39.0 Å². The van der Waals surface area contributed by atoms with Crippen LogP contribution in [0.3, 0.4) is 0 Å². The molecule has 3 amide bonds. The van der Waals surface area contributed by atoms with Crippen LogP contribution in [0.5, 0.6) is 0 Å². The molecule has 0 bridgehead atoms. The Kier molecular flexibility index (Phi) is 8.62. The summed E-state index contributed by atoms with van der Waals surface area (Å²) in [5, 5.41) is 8.27. The summed E-state index contributed by atoms with van der Waals surface area (Å²) in [5.41, 5.74) is 3.59. The zero-order valence-corrected chi connectivity index (χ0v) is 20.3. The molecule has 0 aromatic heterocycles. The Morgan fingerprint density at radius 2 is 1.49 bits per heavy atom. The molecule has 3 N–H and O–H groups in total. The third-order valence-corrected chi connectivity index (χ3v) is 4.95. The van der Waals surface area contributed by atoms with Crippen molar-refractivity contribution >= 4 is 23.6 Å². The second kappa shape index (κ2) is 11.8. The molecule has 0 unspecified atom stereocenters. The molecule has 3 rings (SSSR count). The van der Waals surface area contributed by atoms with Gasteiger partial charge in [-0.1, -0.05) is 54.6 Å². The number of alkyl carbamates (subject to hydrolysis) is 1. The van der Waals surface area contributed by atoms with Crippen molar-refractivity contribution in [3.05, 3.63) is 90.0 Å². The molecule has 182 valence electrons. The summed E-state index contributed by atoms with van der Waals surface area (Å²) in [5.74, 6) is -0.409. The van der Waals surface area contributed by atoms with E-state index >= 15 is 0 Å². The highest BCUT2D eigenvalue weighted by atomic mass is 16.6. The molecule has 0 spiro atoms. The second-order valence-electron chi connectivity index (χ2n) is 9.05. The van der Waals surface area contributed by atoms with Gasteiger partial charge in [-0.15, -0.1) is 0 Å². The Hall–Kier alpha value is -4.13. The molecular weight excluding hydrogens is 442 g/mol. The Morgan fingerprint density at radius 3 is 2.17 bits per heavy atom. The summed E-state index contributed by atoms with van der Waals surface area (Å²) < 4.78 is 5.14. The van der Waals surface area contributed by atoms with Gasteiger partial charge in [0.1, 0.15) is 5.60 Å². The van der Waals surface area contributed by atoms with Crippen LogP contribution in [0.1, 0.15) is 43.1 Å². The number of hydrogen-bond acceptors (Lipinski definition) is 4. The molecule has 0 heterocycles. The lowest BCUT2D eigenvalue weighted by Gasteiger charge is -2.19. The van der Waals surface area contributed by atoms with Gasteiger partial charge in [0.25, 0.3) is 5.91 Å². The highest BCUT2D eigenvalue weighted by Crippen LogP contribution is 2.20. The van der Waals surface area contributed by atoms with Gasteiger partial charge in [-0.05, 0) is 61.7 Å². The summed E-state index contributed by atoms with van der Waals surface area (Å²) >= 11 is 0. The van der Waals surface area contributed by atoms with E-state index in [1.807, 2.05) is 60.7 Å². The van der Waals surface area contributed by atoms with Crippen LogP contribution in [0, 0.1) is 0 Å². The van der Waals surface area contributed by atoms with Gasteiger partial charge in [-0.3, -0.25) is 9.59 Å². The van der Waals surface area contributed by atoms with Crippen LogP contribution in [-0.2, 0) is 16.1 Å². The number of carbonyl (C=O) groups is 3. The van der Waals surface area contributed by atoms with E-state index in [2.05, 4.69) is 16.0 Å². The summed E-state index contributed by atoms with van der Waals surface area (Å²) in [6, 6.07) is 24.7. The Morgan fingerprint density at radius 1 is 0.800 bits per heavy atom. The normalized spacial score (nSPS) is 10.8. The predicted molar refractivity (Wildman–Crippen MR) is 137 cm³/mol. The molecule has 35 heavy (non-hydrogen) atoms. The smallest absolute Gasteiger partial charge is 0.407 e. The largest absolute Gasteiger partial charge is 0.444 e. The number of carbonyl (C=O) groups excluding carboxylic acids is 3. The van der Waals surface area contributed by atoms with Gasteiger partial charge in [-0.25, -0.2) is 4.79 Å². The van der Waals surface area contributed by atoms with Gasteiger partial charge >= 0.3 is 6.09 Å². The average molecular weight is 474 g/mol. The molecule has 3 aromatic carbocycles. The Bertz CT molecular complexity index is 1150. The first-order chi connectivity index (χ1) is 16.7. The first-order valence-corrected chi connectivity index (χ1v) is 11.5. The van der Waals surface area contributed by atoms with E-state index in [-0.39, 0.29) is 24.8 Å². The van der Waals surface area contributed by atoms with Crippen LogP contribution in [0.2, 0.25) is 0 Å². The number of benzene rings is 3. The van der Waals surface area contributed by atoms with Crippen LogP contribution in [0.4, 0.5) is 10.5 Å². The minimum absolute atomic E-state index is 0.134. The third-order valence-electron chi connectivity index (χ3n) is 4.95. The maximum Gasteiger partial charge on any atom is 0.407 e. The summed E-state index contributed by atoms with van der Waals surface area (Å²) in [4.78, 5) is 36.4. The molecule has 0 saturated heterocycles. The van der Waals surface area contributed by atoms with Crippen molar-refractivity contribution in [2.24, 2.45) is 0 Å². The fraction of sp³-hybridized carbons (Fsp3) is 0.250. The number of nitrogens with one attached hydrogen (secondary N) is 3. The predicted octanol–water partition coefficient (Wildman–Crippen LogP) is 5.14. The molecule has 7 heteroatoms. The maximum atomic E-state index is 12.7. The van der Waals surface area contributed by atoms with E-state index in [1.165, 1.54) is 0 Å². The summed E-state index contributed by atoms with van der Waals surface area (Å²) in [7, 11) is 0. The molecule has 3 aromatic rings. The van der Waals surface area contributed by atoms with Crippen molar-refractivity contribution in [2.45, 2.75) is 39.3 Å². The van der Waals surface area contributed by atoms with Gasteiger partial charge in [0.2, 0.25) is 5.91 Å². The van der Waals surface area contributed by atoms with E-state index in [4.69, 9.17) is 4.74 Å². The van der Waals surface area contributed by atoms with Crippen molar-refractivity contribution < 1.29 is 19.1 Å². The molecule has 7 nitrogen and oxygen atoms in total. The van der Waals surface area contributed by atoms with Gasteiger partial charge in [-0.2, -0.15) is 0 Å². The summed E-state index contributed by atoms with van der Waals surface area (Å²) in [6.07, 6.45) is -0.419. The SMILES string of the molecule is CC(C)(C)OC(=O)NCCC(=O)NCc1cccc(NC(=O)c2ccc(-c3ccccc3)cc2)c1. The van der Waals surface area contributed by atoms with Gasteiger partial charge in [0.15, 0.2) is 0 Å². The van der Waals surface area contributed by atoms with Crippen molar-refractivity contribution in [1.29, 1.82) is 0 Å². The zero-order valence-electron chi connectivity index (χ0n) is 20.3. The van der Waals surface area contributed by atoms with E-state index in [9.17, 15) is 14.4 Å². The highest BCUT2D eigenvalue weighted by Gasteiger charge is 2.16. The fourth-order valence-electron chi connectivity index (χ4n) is 3.29. The average Bonchev–Trinajstić information content (AvgIpc) is 2.82. The molecule has 0 fully saturated rings. The van der Waals surface area contributed by atoms with Crippen LogP contribution in [-0.4, -0.2) is 30.1 Å². The zero-order chi connectivity index (χ0) is 25.3. The highest BCUT2D eigenvalue weighted by molar-refractivity contribution is 6.04. The van der Waals surface area contributed by atoms with Crippen molar-refractivity contribution in [2.75, 3.05) is 11.9 Å². The molecule has 0 saturated carbocycles. The number of amides is 3. The van der Waals surface area contributed by atoms with Crippen molar-refractivity contribution in [3.8, 4) is 11.1 Å². The maximum absolute atomic E-state index is 12.7. The van der Waals surface area contributed by atoms with E-state index in [0.29, 0.717) is 17.8 Å². The van der Waals surface area contributed by atoms with Crippen LogP contribution >= 0.6 is 0 Å². The minimum Gasteiger partial charge on any atom is -0.444 e. The molecule has 0 aliphatic heterocycles. The molecule has 0 aliphatic rings. The number of anilines is 1. The fourth-order valence-corrected chi connectivity index (χ4v) is 3.29. The molecular formula is C28H31N3O4. The van der Waals surface area contributed by atoms with Gasteiger partial charge in [0.05, 0.1) is 0 Å². The van der Waals surface area contributed by atoms with Crippen LogP contribution in [0.25, 0.3) is 11.1 Å². The lowest BCUT2D eigenvalue weighted by atomic mass is 10.0. The van der Waals surface area contributed by atoms with Crippen LogP contribution < -0.4 is 16.0 Å². The first-order valence-electron chi connectivity index (χ1n) is 11.5. The standard InChI is InChI=1S/C28H31N3O4/c1-28(2,3)35-27(34)29-17-16-25(32)30-19-20-8-7-11-24(18-20)31-26(33)23-14-12-22(13-15-23)21-9-5-4-6-10-21/h4-15,18H,16-17,19H2,1-3H3,(H,29,34)(H,30,32)(H,31,33). The quantitative estimate of drug-likeness (QED) is 0.422. The topological polar surface area (TPSA) is 96.5 Å². The summed E-state index contributed by atoms with van der Waals surface area (Å²) in [6.45, 7) is 5.81. The first kappa shape index (κ1) is 25.5. The van der Waals surface area contributed by atoms with E-state index < -0.39 is 11.7 Å². The number of hydrogen-bond donors (Lipinski definition) is 3. The van der Waals surface area contributed by atoms with Crippen molar-refractivity contribution in [1.82, 2.24) is 10.6 Å². The van der Waals surface area contributed by atoms with E-state index in [0.717, 1.165) is 16.7 Å². The van der Waals surface area contributed by atoms with Gasteiger partial charge in [0, 0.05) is 30.8 Å². The molecule has 0 aliphatic carbocycles. The Balaban J connectivity index is 1.47. The Labute approximate surface area is 205 Å². The monoisotopic (exact) mass is 473 g/mol.